The molecular weight excluding hydrogens is 935 g/mol. The molecule has 0 spiro atoms. The van der Waals surface area contributed by atoms with Crippen LogP contribution in [0.25, 0.3) is 0 Å². The van der Waals surface area contributed by atoms with E-state index < -0.39 is 49.5 Å². The van der Waals surface area contributed by atoms with Crippen LogP contribution in [0.2, 0.25) is 0 Å². The van der Waals surface area contributed by atoms with Gasteiger partial charge in [0.05, 0.1) is 25.4 Å². The summed E-state index contributed by atoms with van der Waals surface area (Å²) in [6.45, 7) is 3.68. The summed E-state index contributed by atoms with van der Waals surface area (Å²) in [6, 6.07) is -0.808. The van der Waals surface area contributed by atoms with Gasteiger partial charge >= 0.3 is 0 Å². The average Bonchev–Trinajstić information content (AvgIpc) is 3.41. The van der Waals surface area contributed by atoms with E-state index in [9.17, 15) is 30.3 Å². The number of amides is 1. The minimum absolute atomic E-state index is 0.177. The Morgan fingerprint density at radius 1 is 0.467 bits per heavy atom. The summed E-state index contributed by atoms with van der Waals surface area (Å²) in [5.41, 5.74) is 0. The zero-order valence-electron chi connectivity index (χ0n) is 48.3. The van der Waals surface area contributed by atoms with E-state index in [1.807, 2.05) is 6.08 Å². The van der Waals surface area contributed by atoms with Crippen LogP contribution in [-0.4, -0.2) is 87.5 Å². The van der Waals surface area contributed by atoms with E-state index in [-0.39, 0.29) is 12.5 Å². The van der Waals surface area contributed by atoms with Crippen molar-refractivity contribution in [2.45, 2.75) is 314 Å². The molecule has 9 heteroatoms. The second kappa shape index (κ2) is 54.7. The van der Waals surface area contributed by atoms with E-state index in [0.29, 0.717) is 6.42 Å². The van der Waals surface area contributed by atoms with E-state index in [0.717, 1.165) is 77.0 Å². The fourth-order valence-corrected chi connectivity index (χ4v) is 9.57. The van der Waals surface area contributed by atoms with Crippen LogP contribution in [0.5, 0.6) is 0 Å². The minimum atomic E-state index is -1.57. The quantitative estimate of drug-likeness (QED) is 0.0261. The van der Waals surface area contributed by atoms with Crippen molar-refractivity contribution in [1.29, 1.82) is 0 Å². The number of ether oxygens (including phenoxy) is 2. The van der Waals surface area contributed by atoms with Crippen molar-refractivity contribution >= 4 is 5.91 Å². The third-order valence-electron chi connectivity index (χ3n) is 14.5. The Labute approximate surface area is 461 Å². The van der Waals surface area contributed by atoms with Crippen LogP contribution in [0, 0.1) is 0 Å². The molecule has 7 atom stereocenters. The van der Waals surface area contributed by atoms with Crippen LogP contribution >= 0.6 is 0 Å². The minimum Gasteiger partial charge on any atom is -0.394 e. The van der Waals surface area contributed by atoms with Gasteiger partial charge in [-0.2, -0.15) is 0 Å². The number of unbranched alkanes of at least 4 members (excludes halogenated alkanes) is 31. The van der Waals surface area contributed by atoms with Crippen LogP contribution in [0.3, 0.4) is 0 Å². The van der Waals surface area contributed by atoms with Gasteiger partial charge in [-0.1, -0.05) is 279 Å². The predicted molar refractivity (Wildman–Crippen MR) is 318 cm³/mol. The van der Waals surface area contributed by atoms with Crippen molar-refractivity contribution in [3.8, 4) is 0 Å². The Hall–Kier alpha value is -2.63. The molecule has 1 fully saturated rings. The van der Waals surface area contributed by atoms with Gasteiger partial charge in [0.25, 0.3) is 0 Å². The molecule has 0 aromatic rings. The molecule has 6 N–H and O–H groups in total. The number of hydrogen-bond donors (Lipinski definition) is 6. The third-order valence-corrected chi connectivity index (χ3v) is 14.5. The number of nitrogens with one attached hydrogen (secondary N) is 1. The lowest BCUT2D eigenvalue weighted by Crippen LogP contribution is -2.60. The second-order valence-corrected chi connectivity index (χ2v) is 21.5. The molecule has 9 nitrogen and oxygen atoms in total. The number of allylic oxidation sites excluding steroid dienone is 13. The first-order valence-corrected chi connectivity index (χ1v) is 31.3. The maximum atomic E-state index is 13.1. The Balaban J connectivity index is 2.13. The molecule has 0 saturated carbocycles. The van der Waals surface area contributed by atoms with E-state index in [2.05, 4.69) is 92.1 Å². The van der Waals surface area contributed by atoms with Gasteiger partial charge in [0.1, 0.15) is 24.4 Å². The first-order chi connectivity index (χ1) is 36.8. The zero-order chi connectivity index (χ0) is 54.3. The summed E-state index contributed by atoms with van der Waals surface area (Å²) in [6.07, 6.45) is 70.9. The van der Waals surface area contributed by atoms with Gasteiger partial charge in [-0.15, -0.1) is 0 Å². The molecule has 1 heterocycles. The maximum Gasteiger partial charge on any atom is 0.220 e. The molecule has 1 rings (SSSR count). The molecular formula is C66H117NO8. The second-order valence-electron chi connectivity index (χ2n) is 21.5. The van der Waals surface area contributed by atoms with Crippen LogP contribution in [0.4, 0.5) is 0 Å². The van der Waals surface area contributed by atoms with Gasteiger partial charge < -0.3 is 40.3 Å². The van der Waals surface area contributed by atoms with Gasteiger partial charge in [0.2, 0.25) is 5.91 Å². The number of aliphatic hydroxyl groups is 5. The van der Waals surface area contributed by atoms with E-state index in [1.54, 1.807) is 6.08 Å². The van der Waals surface area contributed by atoms with Gasteiger partial charge in [-0.25, -0.2) is 0 Å². The summed E-state index contributed by atoms with van der Waals surface area (Å²) in [7, 11) is 0. The van der Waals surface area contributed by atoms with Gasteiger partial charge in [0, 0.05) is 6.42 Å². The Bertz CT molecular complexity index is 1450. The smallest absolute Gasteiger partial charge is 0.220 e. The lowest BCUT2D eigenvalue weighted by molar-refractivity contribution is -0.302. The molecule has 75 heavy (non-hydrogen) atoms. The number of aliphatic hydroxyl groups excluding tert-OH is 5. The first-order valence-electron chi connectivity index (χ1n) is 31.3. The van der Waals surface area contributed by atoms with Crippen molar-refractivity contribution < 1.29 is 39.8 Å². The van der Waals surface area contributed by atoms with Crippen molar-refractivity contribution in [3.05, 3.63) is 85.1 Å². The summed E-state index contributed by atoms with van der Waals surface area (Å²) in [5, 5.41) is 54.6. The number of carbonyl (C=O) groups excluding carboxylic acids is 1. The molecule has 0 aromatic heterocycles. The summed E-state index contributed by atoms with van der Waals surface area (Å²) in [5.74, 6) is -0.177. The van der Waals surface area contributed by atoms with E-state index in [1.165, 1.54) is 173 Å². The zero-order valence-corrected chi connectivity index (χ0v) is 48.3. The first kappa shape index (κ1) is 70.4. The highest BCUT2D eigenvalue weighted by Gasteiger charge is 2.44. The van der Waals surface area contributed by atoms with Gasteiger partial charge in [0.15, 0.2) is 6.29 Å². The van der Waals surface area contributed by atoms with Crippen molar-refractivity contribution in [1.82, 2.24) is 5.32 Å². The molecule has 7 unspecified atom stereocenters. The van der Waals surface area contributed by atoms with E-state index in [4.69, 9.17) is 9.47 Å². The Morgan fingerprint density at radius 3 is 1.23 bits per heavy atom. The normalized spacial score (nSPS) is 19.5. The lowest BCUT2D eigenvalue weighted by Gasteiger charge is -2.40. The lowest BCUT2D eigenvalue weighted by atomic mass is 9.99. The van der Waals surface area contributed by atoms with Crippen LogP contribution in [-0.2, 0) is 14.3 Å². The largest absolute Gasteiger partial charge is 0.394 e. The molecule has 1 aliphatic heterocycles. The summed E-state index contributed by atoms with van der Waals surface area (Å²) >= 11 is 0. The topological polar surface area (TPSA) is 149 Å². The van der Waals surface area contributed by atoms with E-state index >= 15 is 0 Å². The average molecular weight is 1050 g/mol. The van der Waals surface area contributed by atoms with Crippen molar-refractivity contribution in [3.63, 3.8) is 0 Å². The third kappa shape index (κ3) is 44.0. The Morgan fingerprint density at radius 2 is 0.827 bits per heavy atom. The van der Waals surface area contributed by atoms with Crippen molar-refractivity contribution in [2.75, 3.05) is 13.2 Å². The Kier molecular flexibility index (Phi) is 51.3. The molecule has 0 radical (unpaired) electrons. The van der Waals surface area contributed by atoms with Crippen LogP contribution < -0.4 is 5.32 Å². The molecule has 1 amide bonds. The predicted octanol–water partition coefficient (Wildman–Crippen LogP) is 16.2. The molecule has 0 aromatic carbocycles. The standard InChI is InChI=1S/C66H117NO8/c1-3-5-7-9-11-13-15-17-19-21-22-23-24-25-26-27-28-29-30-31-32-33-34-35-36-37-38-40-42-44-46-48-50-52-54-56-62(70)67-59(58-74-66-65(73)64(72)63(71)61(57-68)75-66)60(69)55-53-51-49-47-45-43-41-39-20-18-16-14-12-10-8-6-4-2/h5,7,11,13,17,19,22-23,25-26,28-29,53,55,59-61,63-66,68-69,71-73H,3-4,6,8-10,12,14-16,18,20-21,24,27,30-52,54,56-58H2,1-2H3,(H,67,70)/b7-5-,13-11-,19-17-,23-22-,26-25-,29-28-,55-53+. The number of hydrogen-bond acceptors (Lipinski definition) is 8. The molecule has 1 saturated heterocycles. The highest BCUT2D eigenvalue weighted by Crippen LogP contribution is 2.23. The summed E-state index contributed by atoms with van der Waals surface area (Å²) < 4.78 is 11.3. The molecule has 434 valence electrons. The monoisotopic (exact) mass is 1050 g/mol. The molecule has 1 aliphatic rings. The molecule has 0 aliphatic carbocycles. The number of carbonyl (C=O) groups is 1. The van der Waals surface area contributed by atoms with Crippen molar-refractivity contribution in [2.24, 2.45) is 0 Å². The maximum absolute atomic E-state index is 13.1. The van der Waals surface area contributed by atoms with Gasteiger partial charge in [-0.3, -0.25) is 4.79 Å². The van der Waals surface area contributed by atoms with Crippen LogP contribution in [0.15, 0.2) is 85.1 Å². The fourth-order valence-electron chi connectivity index (χ4n) is 9.57. The van der Waals surface area contributed by atoms with Crippen LogP contribution in [0.1, 0.15) is 271 Å². The highest BCUT2D eigenvalue weighted by molar-refractivity contribution is 5.76. The molecule has 0 bridgehead atoms. The SMILES string of the molecule is CC/C=C\C/C=C\C/C=C\C/C=C\C/C=C\C/C=C\CCCCCCCCCCCCCCCCCCC(=O)NC(COC1OC(CO)C(O)C(O)C1O)C(O)/C=C/CCCCCCCCCCCCCCCCC. The fraction of sp³-hybridized carbons (Fsp3) is 0.773. The highest BCUT2D eigenvalue weighted by atomic mass is 16.7. The van der Waals surface area contributed by atoms with Gasteiger partial charge in [-0.05, 0) is 70.6 Å². The number of rotatable bonds is 53. The summed E-state index contributed by atoms with van der Waals surface area (Å²) in [4.78, 5) is 13.1.